The second-order valence-corrected chi connectivity index (χ2v) is 17.3. The van der Waals surface area contributed by atoms with E-state index >= 15 is 0 Å². The van der Waals surface area contributed by atoms with Gasteiger partial charge in [0.25, 0.3) is 6.33 Å². The van der Waals surface area contributed by atoms with Gasteiger partial charge in [-0.2, -0.15) is 0 Å². The first-order chi connectivity index (χ1) is 34.9. The summed E-state index contributed by atoms with van der Waals surface area (Å²) >= 11 is 0. The van der Waals surface area contributed by atoms with Crippen molar-refractivity contribution in [2.24, 2.45) is 5.41 Å². The summed E-state index contributed by atoms with van der Waals surface area (Å²) in [4.78, 5) is 4.87. The maximum Gasteiger partial charge on any atom is 0.269 e. The van der Waals surface area contributed by atoms with Gasteiger partial charge in [0.05, 0.1) is 47.1 Å². The predicted octanol–water partition coefficient (Wildman–Crippen LogP) is 14.2. The molecule has 7 aromatic carbocycles. The number of hydrogen-bond acceptors (Lipinski definition) is 2. The standard InChI is InChI=1S/C57H50N4O/c1-56(2,3)36-41-31-55(58-37-49(41)40-21-11-8-12-22-40)61-51-26-16-14-24-47(51)48-30-29-44(35-54(48)61)62-45-33-42(57(4,5)6)32-43(34-45)59-38-60(53-28-18-17-27-52(53)59)50-25-15-13-23-46(50)39-19-9-7-10-20-39/h7-35,37H,36H2,1-6H3/i7D,8D,9D,10D,11D,12D,19D,20D,21D,22D,36D2. The number of ether oxygens (including phenoxy) is 1. The molecule has 304 valence electrons. The fourth-order valence-corrected chi connectivity index (χ4v) is 7.95. The van der Waals surface area contributed by atoms with Gasteiger partial charge in [0.15, 0.2) is 0 Å². The minimum absolute atomic E-state index is 0.0816. The predicted molar refractivity (Wildman–Crippen MR) is 255 cm³/mol. The number of nitrogens with zero attached hydrogens (tertiary/aromatic N) is 4. The van der Waals surface area contributed by atoms with Gasteiger partial charge < -0.3 is 4.74 Å². The van der Waals surface area contributed by atoms with Crippen molar-refractivity contribution in [3.63, 3.8) is 0 Å². The highest BCUT2D eigenvalue weighted by Gasteiger charge is 2.22. The zero-order valence-corrected chi connectivity index (χ0v) is 35.2. The highest BCUT2D eigenvalue weighted by molar-refractivity contribution is 6.09. The van der Waals surface area contributed by atoms with Crippen LogP contribution in [0.15, 0.2) is 182 Å². The number of imidazole rings is 1. The molecule has 3 heterocycles. The zero-order valence-electron chi connectivity index (χ0n) is 47.2. The van der Waals surface area contributed by atoms with Crippen LogP contribution < -0.4 is 9.30 Å². The maximum atomic E-state index is 9.54. The highest BCUT2D eigenvalue weighted by Crippen LogP contribution is 2.39. The maximum absolute atomic E-state index is 9.54. The Bertz CT molecular complexity index is 3900. The van der Waals surface area contributed by atoms with E-state index in [4.69, 9.17) is 23.4 Å². The van der Waals surface area contributed by atoms with E-state index in [-0.39, 0.29) is 39.8 Å². The first-order valence-electron chi connectivity index (χ1n) is 26.5. The van der Waals surface area contributed by atoms with E-state index in [1.807, 2.05) is 105 Å². The van der Waals surface area contributed by atoms with E-state index < -0.39 is 60.1 Å². The number of hydrogen-bond donors (Lipinski definition) is 0. The molecule has 0 saturated carbocycles. The van der Waals surface area contributed by atoms with Crippen LogP contribution in [0.3, 0.4) is 0 Å². The molecule has 0 bridgehead atoms. The number of para-hydroxylation sites is 4. The van der Waals surface area contributed by atoms with Crippen LogP contribution in [0.25, 0.3) is 72.3 Å². The fraction of sp³-hybridized carbons (Fsp3) is 0.158. The number of pyridine rings is 1. The minimum atomic E-state index is -2.08. The van der Waals surface area contributed by atoms with Crippen molar-refractivity contribution in [1.82, 2.24) is 14.1 Å². The molecule has 3 aromatic heterocycles. The first kappa shape index (κ1) is 27.6. The third kappa shape index (κ3) is 7.34. The number of fused-ring (bicyclic) bond motifs is 4. The van der Waals surface area contributed by atoms with Crippen molar-refractivity contribution in [3.8, 4) is 50.9 Å². The Balaban J connectivity index is 1.13. The first-order valence-corrected chi connectivity index (χ1v) is 20.5. The van der Waals surface area contributed by atoms with E-state index in [1.165, 1.54) is 6.20 Å². The summed E-state index contributed by atoms with van der Waals surface area (Å²) < 4.78 is 117. The molecule has 5 heteroatoms. The van der Waals surface area contributed by atoms with Crippen LogP contribution in [0.4, 0.5) is 0 Å². The molecule has 0 aliphatic heterocycles. The molecule has 0 unspecified atom stereocenters. The Hall–Kier alpha value is -7.24. The Kier molecular flexibility index (Phi) is 6.82. The van der Waals surface area contributed by atoms with E-state index in [9.17, 15) is 2.74 Å². The van der Waals surface area contributed by atoms with Crippen molar-refractivity contribution >= 4 is 32.8 Å². The Morgan fingerprint density at radius 1 is 0.645 bits per heavy atom. The molecule has 0 fully saturated rings. The van der Waals surface area contributed by atoms with Crippen LogP contribution in [0.2, 0.25) is 0 Å². The minimum Gasteiger partial charge on any atom is -0.458 e. The lowest BCUT2D eigenvalue weighted by molar-refractivity contribution is -0.571. The SMILES string of the molecule is [2H]c1c([2H])c([2H])c(-c2ccccc2-[n+]2[c-]n(-c3cc(Oc4ccc5c6ccccc6n(-c6cc(C([2H])([2H])C(C)(C)C)c(-c7c([2H])c([2H])c([2H])c([2H])c7[2H])cn6)c5c4)cc(C(C)(C)C)c3)c3ccccc32)c([2H])c1[2H]. The van der Waals surface area contributed by atoms with Crippen LogP contribution in [0, 0.1) is 11.7 Å². The van der Waals surface area contributed by atoms with Crippen LogP contribution in [0.1, 0.15) is 69.1 Å². The third-order valence-electron chi connectivity index (χ3n) is 10.8. The lowest BCUT2D eigenvalue weighted by atomic mass is 9.85. The lowest BCUT2D eigenvalue weighted by Gasteiger charge is -2.22. The molecular formula is C57H50N4O. The van der Waals surface area contributed by atoms with Gasteiger partial charge in [0, 0.05) is 31.3 Å². The molecule has 0 atom stereocenters. The molecule has 0 N–H and O–H groups in total. The van der Waals surface area contributed by atoms with Crippen LogP contribution in [-0.4, -0.2) is 14.1 Å². The highest BCUT2D eigenvalue weighted by atomic mass is 16.5. The zero-order chi connectivity index (χ0) is 53.1. The summed E-state index contributed by atoms with van der Waals surface area (Å²) in [6, 6.07) is 31.7. The lowest BCUT2D eigenvalue weighted by Crippen LogP contribution is -2.30. The summed E-state index contributed by atoms with van der Waals surface area (Å²) in [7, 11) is 0. The van der Waals surface area contributed by atoms with Gasteiger partial charge in [0.1, 0.15) is 17.3 Å². The normalized spacial score (nSPS) is 15.1. The van der Waals surface area contributed by atoms with Gasteiger partial charge >= 0.3 is 0 Å². The van der Waals surface area contributed by atoms with Crippen molar-refractivity contribution in [2.75, 3.05) is 0 Å². The third-order valence-corrected chi connectivity index (χ3v) is 10.8. The Morgan fingerprint density at radius 2 is 1.31 bits per heavy atom. The second kappa shape index (κ2) is 15.3. The molecule has 10 aromatic rings. The van der Waals surface area contributed by atoms with E-state index in [1.54, 1.807) is 39.0 Å². The van der Waals surface area contributed by atoms with Gasteiger partial charge in [-0.25, -0.2) is 4.98 Å². The molecule has 62 heavy (non-hydrogen) atoms. The quantitative estimate of drug-likeness (QED) is 0.113. The summed E-state index contributed by atoms with van der Waals surface area (Å²) in [5.74, 6) is 1.36. The largest absolute Gasteiger partial charge is 0.458 e. The van der Waals surface area contributed by atoms with Crippen molar-refractivity contribution < 1.29 is 25.8 Å². The molecule has 10 rings (SSSR count). The number of benzene rings is 7. The van der Waals surface area contributed by atoms with E-state index in [0.29, 0.717) is 34.1 Å². The van der Waals surface area contributed by atoms with Gasteiger partial charge in [-0.1, -0.05) is 163 Å². The average molecular weight is 819 g/mol. The molecule has 0 saturated heterocycles. The summed E-state index contributed by atoms with van der Waals surface area (Å²) in [6.45, 7) is 11.6. The smallest absolute Gasteiger partial charge is 0.269 e. The Morgan fingerprint density at radius 3 is 2.05 bits per heavy atom. The molecule has 0 spiro atoms. The Labute approximate surface area is 381 Å². The molecular weight excluding hydrogens is 757 g/mol. The van der Waals surface area contributed by atoms with Gasteiger partial charge in [0.2, 0.25) is 0 Å². The van der Waals surface area contributed by atoms with Gasteiger partial charge in [-0.05, 0) is 93.6 Å². The van der Waals surface area contributed by atoms with Gasteiger partial charge in [-0.15, -0.1) is 0 Å². The van der Waals surface area contributed by atoms with Crippen LogP contribution >= 0.6 is 0 Å². The second-order valence-electron chi connectivity index (χ2n) is 17.3. The molecule has 5 nitrogen and oxygen atoms in total. The average Bonchev–Trinajstić information content (AvgIpc) is 3.92. The van der Waals surface area contributed by atoms with Crippen LogP contribution in [0.5, 0.6) is 11.5 Å². The number of rotatable bonds is 8. The topological polar surface area (TPSA) is 35.9 Å². The molecule has 0 aliphatic carbocycles. The van der Waals surface area contributed by atoms with E-state index in [2.05, 4.69) is 33.2 Å². The summed E-state index contributed by atoms with van der Waals surface area (Å²) in [5.41, 5.74) is 4.52. The van der Waals surface area contributed by atoms with E-state index in [0.717, 1.165) is 38.6 Å². The molecule has 0 aliphatic rings. The monoisotopic (exact) mass is 818 g/mol. The number of aromatic nitrogens is 4. The summed E-state index contributed by atoms with van der Waals surface area (Å²) in [5, 5.41) is 1.77. The van der Waals surface area contributed by atoms with Crippen molar-refractivity contribution in [1.29, 1.82) is 0 Å². The fourth-order valence-electron chi connectivity index (χ4n) is 7.95. The van der Waals surface area contributed by atoms with Crippen LogP contribution in [-0.2, 0) is 11.8 Å². The molecule has 0 radical (unpaired) electrons. The molecule has 0 amide bonds. The van der Waals surface area contributed by atoms with Crippen molar-refractivity contribution in [2.45, 2.75) is 53.3 Å². The summed E-state index contributed by atoms with van der Waals surface area (Å²) in [6.07, 6.45) is 2.86. The van der Waals surface area contributed by atoms with Crippen molar-refractivity contribution in [3.05, 3.63) is 199 Å². The van der Waals surface area contributed by atoms with Gasteiger partial charge in [-0.3, -0.25) is 13.7 Å².